The minimum absolute atomic E-state index is 0.0748. The number of hydrogen-bond donors (Lipinski definition) is 2. The Hall–Kier alpha value is -1.37. The summed E-state index contributed by atoms with van der Waals surface area (Å²) in [6.45, 7) is 0. The highest BCUT2D eigenvalue weighted by molar-refractivity contribution is 7.10. The third-order valence-electron chi connectivity index (χ3n) is 4.15. The van der Waals surface area contributed by atoms with Crippen molar-refractivity contribution >= 4 is 11.3 Å². The summed E-state index contributed by atoms with van der Waals surface area (Å²) in [6, 6.07) is 4.80. The molecule has 1 atom stereocenters. The van der Waals surface area contributed by atoms with E-state index in [-0.39, 0.29) is 6.04 Å². The van der Waals surface area contributed by atoms with Crippen LogP contribution in [0.5, 0.6) is 5.75 Å². The second kappa shape index (κ2) is 6.60. The predicted molar refractivity (Wildman–Crippen MR) is 84.4 cm³/mol. The van der Waals surface area contributed by atoms with E-state index in [1.54, 1.807) is 18.4 Å². The topological polar surface area (TPSA) is 65.1 Å². The standard InChI is InChI=1S/C15H22N4OS/c1-20-13-9-15(21-10-13)14(17-16)8-11-6-7-19(18-11)12-4-2-3-5-12/h6-7,9-10,12,14,17H,2-5,8,16H2,1H3. The zero-order valence-corrected chi connectivity index (χ0v) is 13.1. The van der Waals surface area contributed by atoms with Gasteiger partial charge in [0.05, 0.1) is 24.9 Å². The molecule has 2 aromatic rings. The lowest BCUT2D eigenvalue weighted by Crippen LogP contribution is -2.29. The lowest BCUT2D eigenvalue weighted by Gasteiger charge is -2.13. The Kier molecular flexibility index (Phi) is 4.57. The molecule has 0 amide bonds. The van der Waals surface area contributed by atoms with Crippen molar-refractivity contribution in [3.05, 3.63) is 34.3 Å². The number of methoxy groups -OCH3 is 1. The van der Waals surface area contributed by atoms with E-state index in [0.29, 0.717) is 6.04 Å². The molecule has 6 heteroatoms. The van der Waals surface area contributed by atoms with Crippen molar-refractivity contribution in [2.75, 3.05) is 7.11 Å². The molecule has 1 unspecified atom stereocenters. The van der Waals surface area contributed by atoms with Crippen LogP contribution in [0.2, 0.25) is 0 Å². The summed E-state index contributed by atoms with van der Waals surface area (Å²) < 4.78 is 7.36. The SMILES string of the molecule is COc1csc(C(Cc2ccn(C3CCCC3)n2)NN)c1. The first-order chi connectivity index (χ1) is 10.3. The van der Waals surface area contributed by atoms with Crippen LogP contribution in [0.4, 0.5) is 0 Å². The van der Waals surface area contributed by atoms with Gasteiger partial charge >= 0.3 is 0 Å². The summed E-state index contributed by atoms with van der Waals surface area (Å²) in [5.41, 5.74) is 3.97. The van der Waals surface area contributed by atoms with Gasteiger partial charge in [0, 0.05) is 22.9 Å². The Morgan fingerprint density at radius 1 is 1.52 bits per heavy atom. The van der Waals surface area contributed by atoms with E-state index < -0.39 is 0 Å². The lowest BCUT2D eigenvalue weighted by molar-refractivity contribution is 0.415. The van der Waals surface area contributed by atoms with Gasteiger partial charge < -0.3 is 4.74 Å². The number of thiophene rings is 1. The predicted octanol–water partition coefficient (Wildman–Crippen LogP) is 2.82. The lowest BCUT2D eigenvalue weighted by atomic mass is 10.1. The molecule has 5 nitrogen and oxygen atoms in total. The van der Waals surface area contributed by atoms with Crippen molar-refractivity contribution in [2.24, 2.45) is 5.84 Å². The molecule has 1 aliphatic carbocycles. The molecule has 2 heterocycles. The summed E-state index contributed by atoms with van der Waals surface area (Å²) in [5, 5.41) is 6.72. The normalized spacial score (nSPS) is 17.2. The van der Waals surface area contributed by atoms with Gasteiger partial charge in [0.1, 0.15) is 5.75 Å². The van der Waals surface area contributed by atoms with Gasteiger partial charge in [0.25, 0.3) is 0 Å². The molecule has 1 fully saturated rings. The van der Waals surface area contributed by atoms with Crippen LogP contribution < -0.4 is 16.0 Å². The zero-order chi connectivity index (χ0) is 14.7. The average Bonchev–Trinajstić information content (AvgIpc) is 3.23. The quantitative estimate of drug-likeness (QED) is 0.636. The highest BCUT2D eigenvalue weighted by Crippen LogP contribution is 2.30. The van der Waals surface area contributed by atoms with Gasteiger partial charge in [-0.1, -0.05) is 12.8 Å². The van der Waals surface area contributed by atoms with Gasteiger partial charge in [-0.05, 0) is 25.0 Å². The van der Waals surface area contributed by atoms with Crippen molar-refractivity contribution in [3.63, 3.8) is 0 Å². The Balaban J connectivity index is 1.68. The monoisotopic (exact) mass is 306 g/mol. The molecule has 0 spiro atoms. The highest BCUT2D eigenvalue weighted by Gasteiger charge is 2.19. The molecule has 21 heavy (non-hydrogen) atoms. The number of ether oxygens (including phenoxy) is 1. The van der Waals surface area contributed by atoms with E-state index in [4.69, 9.17) is 15.7 Å². The van der Waals surface area contributed by atoms with E-state index >= 15 is 0 Å². The summed E-state index contributed by atoms with van der Waals surface area (Å²) in [4.78, 5) is 1.17. The molecule has 0 bridgehead atoms. The third kappa shape index (κ3) is 3.28. The van der Waals surface area contributed by atoms with E-state index in [1.165, 1.54) is 30.6 Å². The van der Waals surface area contributed by atoms with E-state index in [0.717, 1.165) is 17.9 Å². The fourth-order valence-electron chi connectivity index (χ4n) is 2.93. The number of nitrogens with zero attached hydrogens (tertiary/aromatic N) is 2. The van der Waals surface area contributed by atoms with Crippen LogP contribution in [0.3, 0.4) is 0 Å². The number of aromatic nitrogens is 2. The van der Waals surface area contributed by atoms with Gasteiger partial charge in [-0.3, -0.25) is 16.0 Å². The van der Waals surface area contributed by atoms with Crippen molar-refractivity contribution in [1.29, 1.82) is 0 Å². The van der Waals surface area contributed by atoms with Gasteiger partial charge in [-0.15, -0.1) is 11.3 Å². The van der Waals surface area contributed by atoms with E-state index in [9.17, 15) is 0 Å². The third-order valence-corrected chi connectivity index (χ3v) is 5.18. The summed E-state index contributed by atoms with van der Waals surface area (Å²) >= 11 is 1.66. The fourth-order valence-corrected chi connectivity index (χ4v) is 3.85. The maximum Gasteiger partial charge on any atom is 0.129 e. The van der Waals surface area contributed by atoms with Crippen molar-refractivity contribution < 1.29 is 4.74 Å². The number of rotatable bonds is 6. The first-order valence-corrected chi connectivity index (χ1v) is 8.30. The first-order valence-electron chi connectivity index (χ1n) is 7.42. The number of hydrogen-bond acceptors (Lipinski definition) is 5. The van der Waals surface area contributed by atoms with Gasteiger partial charge in [-0.25, -0.2) is 0 Å². The van der Waals surface area contributed by atoms with Gasteiger partial charge in [0.15, 0.2) is 0 Å². The van der Waals surface area contributed by atoms with Gasteiger partial charge in [-0.2, -0.15) is 5.10 Å². The Labute approximate surface area is 129 Å². The minimum Gasteiger partial charge on any atom is -0.496 e. The maximum atomic E-state index is 5.71. The second-order valence-electron chi connectivity index (χ2n) is 5.54. The summed E-state index contributed by atoms with van der Waals surface area (Å²) in [5.74, 6) is 6.59. The fraction of sp³-hybridized carbons (Fsp3) is 0.533. The molecular formula is C15H22N4OS. The molecular weight excluding hydrogens is 284 g/mol. The molecule has 3 N–H and O–H groups in total. The zero-order valence-electron chi connectivity index (χ0n) is 12.3. The summed E-state index contributed by atoms with van der Waals surface area (Å²) in [7, 11) is 1.68. The van der Waals surface area contributed by atoms with Crippen LogP contribution in [-0.4, -0.2) is 16.9 Å². The molecule has 0 aliphatic heterocycles. The van der Waals surface area contributed by atoms with E-state index in [1.807, 2.05) is 11.4 Å². The molecule has 1 saturated carbocycles. The molecule has 0 radical (unpaired) electrons. The molecule has 1 aliphatic rings. The number of hydrazine groups is 1. The van der Waals surface area contributed by atoms with Crippen molar-refractivity contribution in [2.45, 2.75) is 44.2 Å². The molecule has 0 aromatic carbocycles. The molecule has 3 rings (SSSR count). The number of nitrogens with two attached hydrogens (primary N) is 1. The minimum atomic E-state index is 0.0748. The van der Waals surface area contributed by atoms with E-state index in [2.05, 4.69) is 22.4 Å². The van der Waals surface area contributed by atoms with Crippen LogP contribution in [0, 0.1) is 0 Å². The molecule has 114 valence electrons. The molecule has 0 saturated heterocycles. The average molecular weight is 306 g/mol. The largest absolute Gasteiger partial charge is 0.496 e. The van der Waals surface area contributed by atoms with Crippen LogP contribution in [0.1, 0.15) is 48.3 Å². The van der Waals surface area contributed by atoms with Gasteiger partial charge in [0.2, 0.25) is 0 Å². The van der Waals surface area contributed by atoms with Crippen LogP contribution in [0.25, 0.3) is 0 Å². The van der Waals surface area contributed by atoms with Crippen molar-refractivity contribution in [3.8, 4) is 5.75 Å². The Morgan fingerprint density at radius 3 is 3.00 bits per heavy atom. The molecule has 2 aromatic heterocycles. The van der Waals surface area contributed by atoms with Crippen LogP contribution in [-0.2, 0) is 6.42 Å². The van der Waals surface area contributed by atoms with Crippen LogP contribution in [0.15, 0.2) is 23.7 Å². The smallest absolute Gasteiger partial charge is 0.129 e. The Bertz CT molecular complexity index is 574. The maximum absolute atomic E-state index is 5.71. The Morgan fingerprint density at radius 2 is 2.33 bits per heavy atom. The number of nitrogens with one attached hydrogen (secondary N) is 1. The summed E-state index contributed by atoms with van der Waals surface area (Å²) in [6.07, 6.45) is 8.04. The highest BCUT2D eigenvalue weighted by atomic mass is 32.1. The van der Waals surface area contributed by atoms with Crippen molar-refractivity contribution in [1.82, 2.24) is 15.2 Å². The first kappa shape index (κ1) is 14.6. The second-order valence-corrected chi connectivity index (χ2v) is 6.48. The van der Waals surface area contributed by atoms with Crippen LogP contribution >= 0.6 is 11.3 Å².